The van der Waals surface area contributed by atoms with Crippen LogP contribution in [0, 0.1) is 5.92 Å². The zero-order valence-corrected chi connectivity index (χ0v) is 19.0. The Morgan fingerprint density at radius 1 is 1.03 bits per heavy atom. The Kier molecular flexibility index (Phi) is 9.25. The lowest BCUT2D eigenvalue weighted by Gasteiger charge is -2.32. The molecule has 0 spiro atoms. The Morgan fingerprint density at radius 3 is 2.03 bits per heavy atom. The van der Waals surface area contributed by atoms with Gasteiger partial charge < -0.3 is 30.9 Å². The molecule has 36 heavy (non-hydrogen) atoms. The van der Waals surface area contributed by atoms with E-state index in [0.29, 0.717) is 37.2 Å². The van der Waals surface area contributed by atoms with Crippen LogP contribution in [-0.4, -0.2) is 60.3 Å². The summed E-state index contributed by atoms with van der Waals surface area (Å²) in [7, 11) is 1.53. The van der Waals surface area contributed by atoms with E-state index in [9.17, 15) is 32.7 Å². The van der Waals surface area contributed by atoms with Crippen molar-refractivity contribution in [2.24, 2.45) is 11.7 Å². The highest BCUT2D eigenvalue weighted by molar-refractivity contribution is 6.08. The predicted molar refractivity (Wildman–Crippen MR) is 122 cm³/mol. The third-order valence-electron chi connectivity index (χ3n) is 5.34. The number of anilines is 2. The first-order chi connectivity index (χ1) is 16.8. The summed E-state index contributed by atoms with van der Waals surface area (Å²) < 4.78 is 36.8. The lowest BCUT2D eigenvalue weighted by molar-refractivity contribution is -0.192. The van der Waals surface area contributed by atoms with Gasteiger partial charge in [-0.1, -0.05) is 0 Å². The van der Waals surface area contributed by atoms with Crippen LogP contribution in [0.4, 0.5) is 24.5 Å². The Morgan fingerprint density at radius 2 is 1.58 bits per heavy atom. The molecule has 2 amide bonds. The molecular weight excluding hydrogens is 487 g/mol. The number of rotatable bonds is 6. The van der Waals surface area contributed by atoms with Crippen LogP contribution in [0.25, 0.3) is 0 Å². The summed E-state index contributed by atoms with van der Waals surface area (Å²) in [6, 6.07) is 11.4. The smallest absolute Gasteiger partial charge is 0.490 e. The molecule has 0 atom stereocenters. The summed E-state index contributed by atoms with van der Waals surface area (Å²) in [6.45, 7) is 1.23. The Hall–Kier alpha value is -4.29. The molecular formula is C23H24F3N3O7. The van der Waals surface area contributed by atoms with Crippen LogP contribution in [0.15, 0.2) is 42.5 Å². The number of aromatic carboxylic acids is 1. The van der Waals surface area contributed by atoms with Crippen LogP contribution in [0.1, 0.15) is 33.6 Å². The molecule has 5 N–H and O–H groups in total. The summed E-state index contributed by atoms with van der Waals surface area (Å²) in [5.41, 5.74) is 6.70. The zero-order valence-electron chi connectivity index (χ0n) is 19.0. The minimum absolute atomic E-state index is 0.00128. The Balaban J connectivity index is 0.000000572. The van der Waals surface area contributed by atoms with Gasteiger partial charge in [-0.3, -0.25) is 9.59 Å². The Bertz CT molecular complexity index is 1110. The maximum Gasteiger partial charge on any atom is 0.490 e. The number of carbonyl (C=O) groups is 4. The molecule has 3 rings (SSSR count). The number of nitrogens with zero attached hydrogens (tertiary/aromatic N) is 1. The van der Waals surface area contributed by atoms with Crippen molar-refractivity contribution in [2.75, 3.05) is 30.4 Å². The van der Waals surface area contributed by atoms with Crippen LogP contribution in [0.5, 0.6) is 5.75 Å². The quantitative estimate of drug-likeness (QED) is 0.461. The van der Waals surface area contributed by atoms with E-state index in [-0.39, 0.29) is 23.1 Å². The number of primary amides is 1. The van der Waals surface area contributed by atoms with Crippen LogP contribution < -0.4 is 20.7 Å². The van der Waals surface area contributed by atoms with Crippen molar-refractivity contribution in [3.05, 3.63) is 53.6 Å². The number of methoxy groups -OCH3 is 1. The van der Waals surface area contributed by atoms with E-state index in [4.69, 9.17) is 20.4 Å². The second-order valence-electron chi connectivity index (χ2n) is 7.68. The van der Waals surface area contributed by atoms with Gasteiger partial charge in [0.15, 0.2) is 0 Å². The molecule has 0 unspecified atom stereocenters. The molecule has 2 aromatic rings. The predicted octanol–water partition coefficient (Wildman–Crippen LogP) is 2.98. The molecule has 1 aliphatic rings. The van der Waals surface area contributed by atoms with Crippen LogP contribution in [0.2, 0.25) is 0 Å². The van der Waals surface area contributed by atoms with Crippen molar-refractivity contribution >= 4 is 35.1 Å². The molecule has 0 bridgehead atoms. The molecule has 194 valence electrons. The first-order valence-electron chi connectivity index (χ1n) is 10.5. The first-order valence-corrected chi connectivity index (χ1v) is 10.5. The highest BCUT2D eigenvalue weighted by atomic mass is 19.4. The van der Waals surface area contributed by atoms with Gasteiger partial charge in [-0.15, -0.1) is 0 Å². The molecule has 1 fully saturated rings. The number of halogens is 3. The molecule has 2 aromatic carbocycles. The highest BCUT2D eigenvalue weighted by Crippen LogP contribution is 2.28. The molecule has 13 heteroatoms. The number of piperidine rings is 1. The third-order valence-corrected chi connectivity index (χ3v) is 5.34. The van der Waals surface area contributed by atoms with Crippen molar-refractivity contribution in [1.29, 1.82) is 0 Å². The van der Waals surface area contributed by atoms with E-state index in [1.165, 1.54) is 13.2 Å². The number of carboxylic acid groups (broad SMARTS) is 2. The summed E-state index contributed by atoms with van der Waals surface area (Å²) in [4.78, 5) is 46.5. The van der Waals surface area contributed by atoms with Gasteiger partial charge in [-0.05, 0) is 55.3 Å². The van der Waals surface area contributed by atoms with Crippen LogP contribution in [-0.2, 0) is 9.59 Å². The average Bonchev–Trinajstić information content (AvgIpc) is 2.84. The minimum Gasteiger partial charge on any atom is -0.497 e. The summed E-state index contributed by atoms with van der Waals surface area (Å²) in [6.07, 6.45) is -3.82. The van der Waals surface area contributed by atoms with E-state index in [0.717, 1.165) is 5.69 Å². The molecule has 1 saturated heterocycles. The van der Waals surface area contributed by atoms with Crippen molar-refractivity contribution < 1.29 is 47.3 Å². The normalized spacial score (nSPS) is 13.7. The summed E-state index contributed by atoms with van der Waals surface area (Å²) >= 11 is 0. The number of carboxylic acids is 2. The number of alkyl halides is 3. The summed E-state index contributed by atoms with van der Waals surface area (Å²) in [5.74, 6) is -4.13. The van der Waals surface area contributed by atoms with Gasteiger partial charge in [0.1, 0.15) is 5.75 Å². The monoisotopic (exact) mass is 511 g/mol. The molecule has 10 nitrogen and oxygen atoms in total. The fourth-order valence-electron chi connectivity index (χ4n) is 3.37. The molecule has 1 aliphatic heterocycles. The molecule has 0 radical (unpaired) electrons. The minimum atomic E-state index is -5.08. The van der Waals surface area contributed by atoms with E-state index in [1.54, 1.807) is 36.4 Å². The van der Waals surface area contributed by atoms with Gasteiger partial charge in [0.05, 0.1) is 18.4 Å². The number of amides is 2. The fraction of sp³-hybridized carbons (Fsp3) is 0.304. The SMILES string of the molecule is COc1ccc(C(=O)Nc2ccc(N3CCC(C(N)=O)CC3)cc2C(=O)O)cc1.O=C(O)C(F)(F)F. The molecule has 0 saturated carbocycles. The zero-order chi connectivity index (χ0) is 27.0. The number of benzene rings is 2. The average molecular weight is 511 g/mol. The third kappa shape index (κ3) is 7.61. The van der Waals surface area contributed by atoms with Crippen LogP contribution in [0.3, 0.4) is 0 Å². The van der Waals surface area contributed by atoms with Crippen molar-refractivity contribution in [2.45, 2.75) is 19.0 Å². The number of hydrogen-bond donors (Lipinski definition) is 4. The second kappa shape index (κ2) is 11.9. The summed E-state index contributed by atoms with van der Waals surface area (Å²) in [5, 5.41) is 19.4. The molecule has 1 heterocycles. The topological polar surface area (TPSA) is 159 Å². The number of ether oxygens (including phenoxy) is 1. The number of aliphatic carboxylic acids is 1. The number of carbonyl (C=O) groups excluding carboxylic acids is 2. The molecule has 0 aliphatic carbocycles. The van der Waals surface area contributed by atoms with E-state index >= 15 is 0 Å². The second-order valence-corrected chi connectivity index (χ2v) is 7.68. The number of nitrogens with two attached hydrogens (primary N) is 1. The van der Waals surface area contributed by atoms with Gasteiger partial charge in [-0.2, -0.15) is 13.2 Å². The maximum absolute atomic E-state index is 12.5. The fourth-order valence-corrected chi connectivity index (χ4v) is 3.37. The van der Waals surface area contributed by atoms with Gasteiger partial charge in [0.2, 0.25) is 5.91 Å². The molecule has 0 aromatic heterocycles. The highest BCUT2D eigenvalue weighted by Gasteiger charge is 2.38. The van der Waals surface area contributed by atoms with Gasteiger partial charge in [0.25, 0.3) is 5.91 Å². The lowest BCUT2D eigenvalue weighted by Crippen LogP contribution is -2.38. The van der Waals surface area contributed by atoms with Gasteiger partial charge in [0, 0.05) is 30.3 Å². The number of nitrogens with one attached hydrogen (secondary N) is 1. The van der Waals surface area contributed by atoms with Crippen molar-refractivity contribution in [3.8, 4) is 5.75 Å². The van der Waals surface area contributed by atoms with Crippen molar-refractivity contribution in [3.63, 3.8) is 0 Å². The standard InChI is InChI=1S/C21H23N3O5.C2HF3O2/c1-29-16-5-2-14(3-6-16)20(26)23-18-7-4-15(12-17(18)21(27)28)24-10-8-13(9-11-24)19(22)25;3-2(4,5)1(6)7/h2-7,12-13H,8-11H2,1H3,(H2,22,25)(H,23,26)(H,27,28);(H,6,7). The lowest BCUT2D eigenvalue weighted by atomic mass is 9.95. The maximum atomic E-state index is 12.5. The Labute approximate surface area is 203 Å². The van der Waals surface area contributed by atoms with Crippen LogP contribution >= 0.6 is 0 Å². The van der Waals surface area contributed by atoms with Gasteiger partial charge >= 0.3 is 18.1 Å². The van der Waals surface area contributed by atoms with E-state index < -0.39 is 24.0 Å². The number of hydrogen-bond acceptors (Lipinski definition) is 6. The van der Waals surface area contributed by atoms with Gasteiger partial charge in [-0.25, -0.2) is 9.59 Å². The largest absolute Gasteiger partial charge is 0.497 e. The van der Waals surface area contributed by atoms with E-state index in [1.807, 2.05) is 4.90 Å². The van der Waals surface area contributed by atoms with Crippen molar-refractivity contribution in [1.82, 2.24) is 0 Å². The van der Waals surface area contributed by atoms with E-state index in [2.05, 4.69) is 5.32 Å². The first kappa shape index (κ1) is 28.0.